The molecule has 29 heavy (non-hydrogen) atoms. The van der Waals surface area contributed by atoms with Gasteiger partial charge < -0.3 is 0 Å². The predicted octanol–water partition coefficient (Wildman–Crippen LogP) is 5.28. The molecule has 0 radical (unpaired) electrons. The van der Waals surface area contributed by atoms with Crippen LogP contribution in [0.5, 0.6) is 0 Å². The smallest absolute Gasteiger partial charge is 0.278 e. The van der Waals surface area contributed by atoms with Gasteiger partial charge in [-0.25, -0.2) is 4.98 Å². The summed E-state index contributed by atoms with van der Waals surface area (Å²) >= 11 is 1.55. The van der Waals surface area contributed by atoms with Crippen LogP contribution in [0.3, 0.4) is 0 Å². The van der Waals surface area contributed by atoms with E-state index >= 15 is 0 Å². The van der Waals surface area contributed by atoms with Gasteiger partial charge in [0.1, 0.15) is 0 Å². The van der Waals surface area contributed by atoms with Gasteiger partial charge in [0, 0.05) is 12.2 Å². The molecule has 0 unspecified atom stereocenters. The minimum absolute atomic E-state index is 0.127. The normalized spacial score (nSPS) is 11.2. The molecule has 0 fully saturated rings. The third-order valence-electron chi connectivity index (χ3n) is 4.98. The fraction of sp³-hybridized carbons (Fsp3) is 0.261. The van der Waals surface area contributed by atoms with Crippen molar-refractivity contribution in [1.82, 2.24) is 14.8 Å². The Morgan fingerprint density at radius 3 is 2.55 bits per heavy atom. The number of fused-ring (bicyclic) bond motifs is 1. The first-order valence-corrected chi connectivity index (χ1v) is 10.6. The summed E-state index contributed by atoms with van der Waals surface area (Å²) in [4.78, 5) is 20.1. The summed E-state index contributed by atoms with van der Waals surface area (Å²) in [6.07, 6.45) is 0. The van der Waals surface area contributed by atoms with Gasteiger partial charge in [-0.1, -0.05) is 47.7 Å². The van der Waals surface area contributed by atoms with Crippen LogP contribution in [-0.2, 0) is 13.1 Å². The molecule has 0 N–H and O–H groups in total. The average molecular weight is 405 g/mol. The highest BCUT2D eigenvalue weighted by atomic mass is 32.1. The lowest BCUT2D eigenvalue weighted by Gasteiger charge is -2.19. The summed E-state index contributed by atoms with van der Waals surface area (Å²) < 4.78 is 2.94. The number of carbonyl (C=O) groups is 1. The Balaban J connectivity index is 1.79. The van der Waals surface area contributed by atoms with Crippen molar-refractivity contribution in [2.45, 2.75) is 40.8 Å². The summed E-state index contributed by atoms with van der Waals surface area (Å²) in [6, 6.07) is 16.1. The molecule has 4 rings (SSSR count). The Morgan fingerprint density at radius 2 is 1.86 bits per heavy atom. The molecule has 2 aromatic carbocycles. The monoisotopic (exact) mass is 404 g/mol. The lowest BCUT2D eigenvalue weighted by atomic mass is 10.1. The van der Waals surface area contributed by atoms with Crippen LogP contribution in [0.2, 0.25) is 0 Å². The van der Waals surface area contributed by atoms with E-state index in [0.717, 1.165) is 33.6 Å². The number of aryl methyl sites for hydroxylation is 4. The Bertz CT molecular complexity index is 1180. The van der Waals surface area contributed by atoms with Gasteiger partial charge in [-0.2, -0.15) is 5.10 Å². The van der Waals surface area contributed by atoms with E-state index in [0.29, 0.717) is 17.4 Å². The molecule has 0 aliphatic rings. The molecule has 148 valence electrons. The molecule has 5 nitrogen and oxygen atoms in total. The van der Waals surface area contributed by atoms with Crippen molar-refractivity contribution in [2.75, 3.05) is 4.90 Å². The van der Waals surface area contributed by atoms with Gasteiger partial charge >= 0.3 is 0 Å². The summed E-state index contributed by atoms with van der Waals surface area (Å²) in [5.74, 6) is -0.127. The number of carbonyl (C=O) groups excluding carboxylic acids is 1. The van der Waals surface area contributed by atoms with Crippen molar-refractivity contribution in [3.05, 3.63) is 76.6 Å². The van der Waals surface area contributed by atoms with Crippen LogP contribution in [0.4, 0.5) is 5.13 Å². The molecule has 2 heterocycles. The summed E-state index contributed by atoms with van der Waals surface area (Å²) in [5.41, 5.74) is 5.76. The fourth-order valence-corrected chi connectivity index (χ4v) is 4.68. The van der Waals surface area contributed by atoms with Gasteiger partial charge in [0.15, 0.2) is 10.8 Å². The molecule has 0 saturated heterocycles. The van der Waals surface area contributed by atoms with E-state index in [4.69, 9.17) is 4.98 Å². The van der Waals surface area contributed by atoms with Gasteiger partial charge in [-0.3, -0.25) is 14.4 Å². The lowest BCUT2D eigenvalue weighted by Crippen LogP contribution is -2.30. The van der Waals surface area contributed by atoms with Crippen LogP contribution in [0.25, 0.3) is 10.2 Å². The van der Waals surface area contributed by atoms with E-state index < -0.39 is 0 Å². The number of hydrogen-bond donors (Lipinski definition) is 0. The number of anilines is 1. The van der Waals surface area contributed by atoms with Crippen molar-refractivity contribution in [1.29, 1.82) is 0 Å². The maximum Gasteiger partial charge on any atom is 0.280 e. The van der Waals surface area contributed by atoms with E-state index in [1.54, 1.807) is 16.2 Å². The third-order valence-corrected chi connectivity index (χ3v) is 6.00. The number of amides is 1. The molecule has 2 aromatic heterocycles. The predicted molar refractivity (Wildman–Crippen MR) is 119 cm³/mol. The lowest BCUT2D eigenvalue weighted by molar-refractivity contribution is 0.0979. The highest BCUT2D eigenvalue weighted by Gasteiger charge is 2.24. The zero-order valence-electron chi connectivity index (χ0n) is 17.1. The first-order chi connectivity index (χ1) is 14.0. The second-order valence-corrected chi connectivity index (χ2v) is 8.30. The number of nitrogens with zero attached hydrogens (tertiary/aromatic N) is 4. The van der Waals surface area contributed by atoms with Gasteiger partial charge in [0.2, 0.25) is 0 Å². The SMILES string of the molecule is CCn1nc(C(=O)N(Cc2ccccc2)c2nc3c(C)cc(C)cc3s2)cc1C. The first kappa shape index (κ1) is 19.3. The fourth-order valence-electron chi connectivity index (χ4n) is 3.54. The number of rotatable bonds is 5. The van der Waals surface area contributed by atoms with Crippen LogP contribution in [0, 0.1) is 20.8 Å². The number of benzene rings is 2. The van der Waals surface area contributed by atoms with Crippen molar-refractivity contribution in [2.24, 2.45) is 0 Å². The summed E-state index contributed by atoms with van der Waals surface area (Å²) in [5, 5.41) is 5.20. The van der Waals surface area contributed by atoms with Crippen molar-refractivity contribution in [3.8, 4) is 0 Å². The Kier molecular flexibility index (Phi) is 5.20. The first-order valence-electron chi connectivity index (χ1n) is 9.74. The molecule has 0 spiro atoms. The third kappa shape index (κ3) is 3.80. The van der Waals surface area contributed by atoms with E-state index in [1.165, 1.54) is 5.56 Å². The van der Waals surface area contributed by atoms with Crippen LogP contribution >= 0.6 is 11.3 Å². The van der Waals surface area contributed by atoms with Crippen LogP contribution in [0.15, 0.2) is 48.5 Å². The molecule has 0 bridgehead atoms. The maximum absolute atomic E-state index is 13.5. The minimum atomic E-state index is -0.127. The van der Waals surface area contributed by atoms with E-state index in [-0.39, 0.29) is 5.91 Å². The Labute approximate surface area is 174 Å². The molecule has 0 aliphatic carbocycles. The van der Waals surface area contributed by atoms with Crippen LogP contribution in [0.1, 0.15) is 39.8 Å². The molecule has 0 atom stereocenters. The molecule has 0 saturated carbocycles. The number of aromatic nitrogens is 3. The van der Waals surface area contributed by atoms with Crippen LogP contribution in [-0.4, -0.2) is 20.7 Å². The average Bonchev–Trinajstić information content (AvgIpc) is 3.29. The molecule has 1 amide bonds. The van der Waals surface area contributed by atoms with Gasteiger partial charge in [0.25, 0.3) is 5.91 Å². The van der Waals surface area contributed by atoms with Crippen molar-refractivity contribution >= 4 is 32.6 Å². The number of thiazole rings is 1. The Morgan fingerprint density at radius 1 is 1.10 bits per heavy atom. The second-order valence-electron chi connectivity index (χ2n) is 7.29. The van der Waals surface area contributed by atoms with Crippen LogP contribution < -0.4 is 4.90 Å². The second kappa shape index (κ2) is 7.79. The molecule has 0 aliphatic heterocycles. The van der Waals surface area contributed by atoms with E-state index in [1.807, 2.05) is 54.9 Å². The highest BCUT2D eigenvalue weighted by molar-refractivity contribution is 7.22. The topological polar surface area (TPSA) is 51.0 Å². The minimum Gasteiger partial charge on any atom is -0.278 e. The van der Waals surface area contributed by atoms with Gasteiger partial charge in [-0.15, -0.1) is 0 Å². The quantitative estimate of drug-likeness (QED) is 0.454. The highest BCUT2D eigenvalue weighted by Crippen LogP contribution is 2.33. The van der Waals surface area contributed by atoms with Gasteiger partial charge in [0.05, 0.1) is 16.8 Å². The largest absolute Gasteiger partial charge is 0.280 e. The van der Waals surface area contributed by atoms with Crippen molar-refractivity contribution < 1.29 is 4.79 Å². The standard InChI is InChI=1S/C23H24N4OS/c1-5-27-17(4)13-19(25-27)22(28)26(14-18-9-7-6-8-10-18)23-24-21-16(3)11-15(2)12-20(21)29-23/h6-13H,5,14H2,1-4H3. The zero-order chi connectivity index (χ0) is 20.5. The molecule has 4 aromatic rings. The van der Waals surface area contributed by atoms with Crippen molar-refractivity contribution in [3.63, 3.8) is 0 Å². The number of hydrogen-bond acceptors (Lipinski definition) is 4. The Hall–Kier alpha value is -2.99. The molecule has 6 heteroatoms. The summed E-state index contributed by atoms with van der Waals surface area (Å²) in [7, 11) is 0. The molecular formula is C23H24N4OS. The zero-order valence-corrected chi connectivity index (χ0v) is 18.0. The molecular weight excluding hydrogens is 380 g/mol. The van der Waals surface area contributed by atoms with E-state index in [9.17, 15) is 4.79 Å². The summed E-state index contributed by atoms with van der Waals surface area (Å²) in [6.45, 7) is 9.33. The van der Waals surface area contributed by atoms with E-state index in [2.05, 4.69) is 31.1 Å². The maximum atomic E-state index is 13.5. The van der Waals surface area contributed by atoms with Gasteiger partial charge in [-0.05, 0) is 56.5 Å².